The number of ether oxygens (including phenoxy) is 1. The molecule has 3 nitrogen and oxygen atoms in total. The molecule has 20 heavy (non-hydrogen) atoms. The fourth-order valence-corrected chi connectivity index (χ4v) is 3.48. The molecule has 1 aliphatic heterocycles. The van der Waals surface area contributed by atoms with Crippen LogP contribution < -0.4 is 0 Å². The second-order valence-corrected chi connectivity index (χ2v) is 7.35. The lowest BCUT2D eigenvalue weighted by atomic mass is 10.1. The highest BCUT2D eigenvalue weighted by atomic mass is 35.5. The van der Waals surface area contributed by atoms with E-state index in [4.69, 9.17) is 16.3 Å². The van der Waals surface area contributed by atoms with Gasteiger partial charge in [0.2, 0.25) is 5.91 Å². The Bertz CT molecular complexity index is 493. The Morgan fingerprint density at radius 1 is 1.45 bits per heavy atom. The summed E-state index contributed by atoms with van der Waals surface area (Å²) in [6.45, 7) is 7.85. The van der Waals surface area contributed by atoms with Crippen LogP contribution in [0.25, 0.3) is 0 Å². The van der Waals surface area contributed by atoms with Crippen LogP contribution in [-0.4, -0.2) is 41.4 Å². The van der Waals surface area contributed by atoms with E-state index in [1.165, 1.54) is 11.8 Å². The van der Waals surface area contributed by atoms with Gasteiger partial charge in [-0.15, -0.1) is 11.8 Å². The number of nitrogens with zero attached hydrogens (tertiary/aromatic N) is 1. The van der Waals surface area contributed by atoms with Gasteiger partial charge in [-0.1, -0.05) is 23.7 Å². The van der Waals surface area contributed by atoms with E-state index in [2.05, 4.69) is 0 Å². The number of rotatable bonds is 3. The summed E-state index contributed by atoms with van der Waals surface area (Å²) < 4.78 is 5.64. The van der Waals surface area contributed by atoms with E-state index in [-0.39, 0.29) is 16.8 Å². The smallest absolute Gasteiger partial charge is 0.235 e. The summed E-state index contributed by atoms with van der Waals surface area (Å²) in [7, 11) is 0. The molecule has 1 atom stereocenters. The Hall–Kier alpha value is -0.710. The van der Waals surface area contributed by atoms with Crippen molar-refractivity contribution < 1.29 is 9.53 Å². The highest BCUT2D eigenvalue weighted by Gasteiger charge is 2.32. The molecular formula is C15H20ClNO2S. The Morgan fingerprint density at radius 3 is 2.80 bits per heavy atom. The lowest BCUT2D eigenvalue weighted by molar-refractivity contribution is -0.145. The van der Waals surface area contributed by atoms with E-state index in [9.17, 15) is 4.79 Å². The molecule has 0 saturated carbocycles. The quantitative estimate of drug-likeness (QED) is 0.800. The number of carbonyl (C=O) groups excluding carboxylic acids is 1. The zero-order chi connectivity index (χ0) is 14.8. The standard InChI is InChI=1S/C15H20ClNO2S/c1-11(20-13-7-5-4-6-12(13)16)14(18)17-8-9-19-15(2,3)10-17/h4-7,11H,8-10H2,1-3H3. The summed E-state index contributed by atoms with van der Waals surface area (Å²) in [6, 6.07) is 7.62. The molecule has 5 heteroatoms. The fraction of sp³-hybridized carbons (Fsp3) is 0.533. The van der Waals surface area contributed by atoms with Crippen molar-refractivity contribution in [2.75, 3.05) is 19.7 Å². The number of carbonyl (C=O) groups is 1. The zero-order valence-corrected chi connectivity index (χ0v) is 13.6. The van der Waals surface area contributed by atoms with Gasteiger partial charge in [0.1, 0.15) is 0 Å². The average Bonchev–Trinajstić information content (AvgIpc) is 2.39. The monoisotopic (exact) mass is 313 g/mol. The number of thioether (sulfide) groups is 1. The van der Waals surface area contributed by atoms with E-state index in [0.717, 1.165) is 4.90 Å². The van der Waals surface area contributed by atoms with Crippen molar-refractivity contribution in [2.45, 2.75) is 36.5 Å². The molecule has 0 bridgehead atoms. The number of benzene rings is 1. The number of halogens is 1. The van der Waals surface area contributed by atoms with Crippen LogP contribution in [0.1, 0.15) is 20.8 Å². The van der Waals surface area contributed by atoms with Crippen LogP contribution in [0.3, 0.4) is 0 Å². The van der Waals surface area contributed by atoms with E-state index in [1.807, 2.05) is 49.9 Å². The van der Waals surface area contributed by atoms with Crippen molar-refractivity contribution in [2.24, 2.45) is 0 Å². The first-order valence-corrected chi connectivity index (χ1v) is 7.99. The van der Waals surface area contributed by atoms with Gasteiger partial charge in [-0.3, -0.25) is 4.79 Å². The van der Waals surface area contributed by atoms with Crippen LogP contribution in [0.4, 0.5) is 0 Å². The summed E-state index contributed by atoms with van der Waals surface area (Å²) in [5.74, 6) is 0.145. The second-order valence-electron chi connectivity index (χ2n) is 5.56. The number of amides is 1. The molecular weight excluding hydrogens is 294 g/mol. The van der Waals surface area contributed by atoms with Crippen LogP contribution >= 0.6 is 23.4 Å². The molecule has 0 N–H and O–H groups in total. The second kappa shape index (κ2) is 6.37. The molecule has 1 aromatic rings. The lowest BCUT2D eigenvalue weighted by Crippen LogP contribution is -2.52. The third-order valence-corrected chi connectivity index (χ3v) is 4.83. The summed E-state index contributed by atoms with van der Waals surface area (Å²) >= 11 is 7.65. The highest BCUT2D eigenvalue weighted by molar-refractivity contribution is 8.00. The van der Waals surface area contributed by atoms with Gasteiger partial charge < -0.3 is 9.64 Å². The Balaban J connectivity index is 2.00. The number of hydrogen-bond acceptors (Lipinski definition) is 3. The molecule has 0 radical (unpaired) electrons. The van der Waals surface area contributed by atoms with Gasteiger partial charge in [0, 0.05) is 18.0 Å². The van der Waals surface area contributed by atoms with Crippen molar-refractivity contribution in [3.05, 3.63) is 29.3 Å². The molecule has 1 unspecified atom stereocenters. The first kappa shape index (κ1) is 15.7. The molecule has 1 aliphatic rings. The Morgan fingerprint density at radius 2 is 2.15 bits per heavy atom. The van der Waals surface area contributed by atoms with Gasteiger partial charge in [0.25, 0.3) is 0 Å². The lowest BCUT2D eigenvalue weighted by Gasteiger charge is -2.39. The van der Waals surface area contributed by atoms with Crippen molar-refractivity contribution >= 4 is 29.3 Å². The van der Waals surface area contributed by atoms with E-state index in [1.54, 1.807) is 0 Å². The molecule has 1 aromatic carbocycles. The van der Waals surface area contributed by atoms with E-state index < -0.39 is 0 Å². The Labute approximate surface area is 129 Å². The van der Waals surface area contributed by atoms with Crippen LogP contribution in [0, 0.1) is 0 Å². The summed E-state index contributed by atoms with van der Waals surface area (Å²) in [5.41, 5.74) is -0.261. The Kier molecular flexibility index (Phi) is 4.99. The predicted octanol–water partition coefficient (Wildman–Crippen LogP) is 3.46. The topological polar surface area (TPSA) is 29.5 Å². The average molecular weight is 314 g/mol. The van der Waals surface area contributed by atoms with E-state index >= 15 is 0 Å². The maximum atomic E-state index is 12.5. The summed E-state index contributed by atoms with van der Waals surface area (Å²) in [4.78, 5) is 15.3. The van der Waals surface area contributed by atoms with Gasteiger partial charge in [-0.25, -0.2) is 0 Å². The molecule has 1 amide bonds. The fourth-order valence-electron chi connectivity index (χ4n) is 2.24. The largest absolute Gasteiger partial charge is 0.372 e. The minimum Gasteiger partial charge on any atom is -0.372 e. The van der Waals surface area contributed by atoms with Crippen LogP contribution in [0.15, 0.2) is 29.2 Å². The van der Waals surface area contributed by atoms with E-state index in [0.29, 0.717) is 24.7 Å². The third-order valence-electron chi connectivity index (χ3n) is 3.23. The first-order valence-electron chi connectivity index (χ1n) is 6.73. The van der Waals surface area contributed by atoms with Crippen molar-refractivity contribution in [1.29, 1.82) is 0 Å². The van der Waals surface area contributed by atoms with Gasteiger partial charge in [0.15, 0.2) is 0 Å². The molecule has 1 saturated heterocycles. The highest BCUT2D eigenvalue weighted by Crippen LogP contribution is 2.31. The molecule has 0 aliphatic carbocycles. The molecule has 0 spiro atoms. The minimum atomic E-state index is -0.261. The van der Waals surface area contributed by atoms with Gasteiger partial charge in [-0.05, 0) is 32.9 Å². The molecule has 0 aromatic heterocycles. The van der Waals surface area contributed by atoms with Crippen molar-refractivity contribution in [3.63, 3.8) is 0 Å². The van der Waals surface area contributed by atoms with Gasteiger partial charge >= 0.3 is 0 Å². The number of morpholine rings is 1. The van der Waals surface area contributed by atoms with Crippen LogP contribution in [0.5, 0.6) is 0 Å². The number of hydrogen-bond donors (Lipinski definition) is 0. The molecule has 1 heterocycles. The van der Waals surface area contributed by atoms with Gasteiger partial charge in [0.05, 0.1) is 22.5 Å². The molecule has 2 rings (SSSR count). The molecule has 110 valence electrons. The maximum absolute atomic E-state index is 12.5. The van der Waals surface area contributed by atoms with Crippen molar-refractivity contribution in [3.8, 4) is 0 Å². The van der Waals surface area contributed by atoms with Crippen LogP contribution in [0.2, 0.25) is 5.02 Å². The summed E-state index contributed by atoms with van der Waals surface area (Å²) in [5, 5.41) is 0.545. The predicted molar refractivity (Wildman–Crippen MR) is 83.4 cm³/mol. The zero-order valence-electron chi connectivity index (χ0n) is 12.1. The van der Waals surface area contributed by atoms with Crippen LogP contribution in [-0.2, 0) is 9.53 Å². The minimum absolute atomic E-state index is 0.145. The van der Waals surface area contributed by atoms with Gasteiger partial charge in [-0.2, -0.15) is 0 Å². The van der Waals surface area contributed by atoms with Crippen molar-refractivity contribution in [1.82, 2.24) is 4.90 Å². The third kappa shape index (κ3) is 3.90. The summed E-state index contributed by atoms with van der Waals surface area (Å²) in [6.07, 6.45) is 0. The maximum Gasteiger partial charge on any atom is 0.235 e. The first-order chi connectivity index (χ1) is 9.39. The molecule has 1 fully saturated rings. The SMILES string of the molecule is CC(Sc1ccccc1Cl)C(=O)N1CCOC(C)(C)C1. The normalized spacial score (nSPS) is 19.7.